The summed E-state index contributed by atoms with van der Waals surface area (Å²) in [5, 5.41) is 3.58. The Balaban J connectivity index is 2.71. The van der Waals surface area contributed by atoms with Gasteiger partial charge in [-0.15, -0.1) is 0 Å². The van der Waals surface area contributed by atoms with Crippen molar-refractivity contribution in [3.05, 3.63) is 30.1 Å². The van der Waals surface area contributed by atoms with Crippen molar-refractivity contribution in [2.75, 3.05) is 13.2 Å². The van der Waals surface area contributed by atoms with Crippen molar-refractivity contribution in [3.8, 4) is 0 Å². The molecule has 18 heavy (non-hydrogen) atoms. The van der Waals surface area contributed by atoms with Crippen LogP contribution in [0.3, 0.4) is 0 Å². The van der Waals surface area contributed by atoms with Gasteiger partial charge in [-0.1, -0.05) is 13.0 Å². The Morgan fingerprint density at radius 3 is 2.67 bits per heavy atom. The second-order valence-electron chi connectivity index (χ2n) is 5.07. The number of nitrogens with zero attached hydrogens (tertiary/aromatic N) is 1. The molecule has 0 aromatic carbocycles. The molecule has 1 aromatic rings. The van der Waals surface area contributed by atoms with Crippen LogP contribution in [0.5, 0.6) is 0 Å². The molecule has 0 spiro atoms. The highest BCUT2D eigenvalue weighted by atomic mass is 16.5. The van der Waals surface area contributed by atoms with E-state index < -0.39 is 0 Å². The molecule has 1 atom stereocenters. The van der Waals surface area contributed by atoms with Crippen molar-refractivity contribution in [3.63, 3.8) is 0 Å². The van der Waals surface area contributed by atoms with E-state index in [1.807, 2.05) is 25.3 Å². The van der Waals surface area contributed by atoms with Crippen LogP contribution in [0.4, 0.5) is 0 Å². The molecule has 0 aliphatic rings. The predicted octanol–water partition coefficient (Wildman–Crippen LogP) is 2.81. The molecule has 0 radical (unpaired) electrons. The molecular weight excluding hydrogens is 224 g/mol. The normalized spacial score (nSPS) is 13.6. The zero-order valence-electron chi connectivity index (χ0n) is 12.1. The Bertz CT molecular complexity index is 325. The molecule has 1 unspecified atom stereocenters. The van der Waals surface area contributed by atoms with Crippen molar-refractivity contribution < 1.29 is 4.74 Å². The van der Waals surface area contributed by atoms with Crippen LogP contribution in [0.1, 0.15) is 39.8 Å². The van der Waals surface area contributed by atoms with E-state index in [2.05, 4.69) is 37.1 Å². The van der Waals surface area contributed by atoms with Crippen molar-refractivity contribution in [2.24, 2.45) is 0 Å². The average molecular weight is 250 g/mol. The zero-order chi connectivity index (χ0) is 13.4. The maximum absolute atomic E-state index is 5.87. The van der Waals surface area contributed by atoms with Gasteiger partial charge in [-0.2, -0.15) is 0 Å². The van der Waals surface area contributed by atoms with E-state index in [4.69, 9.17) is 4.74 Å². The van der Waals surface area contributed by atoms with Crippen molar-refractivity contribution in [1.82, 2.24) is 10.3 Å². The minimum absolute atomic E-state index is 0.179. The van der Waals surface area contributed by atoms with E-state index in [1.165, 1.54) is 0 Å². The van der Waals surface area contributed by atoms with Crippen LogP contribution in [0, 0.1) is 0 Å². The Morgan fingerprint density at radius 2 is 2.11 bits per heavy atom. The topological polar surface area (TPSA) is 34.2 Å². The number of hydrogen-bond acceptors (Lipinski definition) is 3. The molecule has 0 saturated carbocycles. The lowest BCUT2D eigenvalue weighted by Gasteiger charge is -2.35. The smallest absolute Gasteiger partial charge is 0.0782 e. The van der Waals surface area contributed by atoms with Gasteiger partial charge in [-0.3, -0.25) is 4.98 Å². The van der Waals surface area contributed by atoms with Gasteiger partial charge >= 0.3 is 0 Å². The van der Waals surface area contributed by atoms with Crippen molar-refractivity contribution >= 4 is 0 Å². The fourth-order valence-electron chi connectivity index (χ4n) is 2.08. The van der Waals surface area contributed by atoms with Gasteiger partial charge < -0.3 is 10.1 Å². The third-order valence-corrected chi connectivity index (χ3v) is 3.14. The number of pyridine rings is 1. The van der Waals surface area contributed by atoms with E-state index in [9.17, 15) is 0 Å². The summed E-state index contributed by atoms with van der Waals surface area (Å²) in [6, 6.07) is 6.34. The fourth-order valence-corrected chi connectivity index (χ4v) is 2.08. The summed E-state index contributed by atoms with van der Waals surface area (Å²) in [6.07, 6.45) is 3.87. The van der Waals surface area contributed by atoms with Crippen LogP contribution in [-0.4, -0.2) is 29.8 Å². The molecule has 0 saturated heterocycles. The molecule has 0 aliphatic heterocycles. The highest BCUT2D eigenvalue weighted by Gasteiger charge is 2.29. The second kappa shape index (κ2) is 7.49. The standard InChI is InChI=1S/C15H26N2O/c1-5-10-17-14(15(3,4)18-6-2)12-13-9-7-8-11-16-13/h7-9,11,14,17H,5-6,10,12H2,1-4H3. The van der Waals surface area contributed by atoms with Gasteiger partial charge in [-0.05, 0) is 45.9 Å². The first-order valence-corrected chi connectivity index (χ1v) is 6.87. The Labute approximate surface area is 111 Å². The molecule has 0 aliphatic carbocycles. The molecule has 0 bridgehead atoms. The first-order chi connectivity index (χ1) is 8.60. The molecule has 3 nitrogen and oxygen atoms in total. The molecule has 1 heterocycles. The third-order valence-electron chi connectivity index (χ3n) is 3.14. The summed E-state index contributed by atoms with van der Waals surface area (Å²) in [6.45, 7) is 10.3. The first-order valence-electron chi connectivity index (χ1n) is 6.87. The Morgan fingerprint density at radius 1 is 1.33 bits per heavy atom. The van der Waals surface area contributed by atoms with E-state index in [0.717, 1.165) is 31.7 Å². The molecule has 0 amide bonds. The summed E-state index contributed by atoms with van der Waals surface area (Å²) in [5.74, 6) is 0. The lowest BCUT2D eigenvalue weighted by molar-refractivity contribution is -0.0381. The Kier molecular flexibility index (Phi) is 6.30. The molecule has 102 valence electrons. The minimum atomic E-state index is -0.179. The average Bonchev–Trinajstić information content (AvgIpc) is 2.35. The van der Waals surface area contributed by atoms with Gasteiger partial charge in [0.15, 0.2) is 0 Å². The fraction of sp³-hybridized carbons (Fsp3) is 0.667. The van der Waals surface area contributed by atoms with Gasteiger partial charge in [0.25, 0.3) is 0 Å². The molecule has 1 rings (SSSR count). The van der Waals surface area contributed by atoms with Crippen LogP contribution in [0.25, 0.3) is 0 Å². The quantitative estimate of drug-likeness (QED) is 0.770. The number of aromatic nitrogens is 1. The largest absolute Gasteiger partial charge is 0.374 e. The number of nitrogens with one attached hydrogen (secondary N) is 1. The minimum Gasteiger partial charge on any atom is -0.374 e. The number of hydrogen-bond donors (Lipinski definition) is 1. The molecule has 1 aromatic heterocycles. The molecular formula is C15H26N2O. The second-order valence-corrected chi connectivity index (χ2v) is 5.07. The Hall–Kier alpha value is -0.930. The van der Waals surface area contributed by atoms with E-state index in [0.29, 0.717) is 0 Å². The third kappa shape index (κ3) is 4.75. The van der Waals surface area contributed by atoms with Gasteiger partial charge in [0, 0.05) is 31.0 Å². The summed E-state index contributed by atoms with van der Waals surface area (Å²) >= 11 is 0. The van der Waals surface area contributed by atoms with Crippen LogP contribution in [-0.2, 0) is 11.2 Å². The summed E-state index contributed by atoms with van der Waals surface area (Å²) < 4.78 is 5.87. The maximum Gasteiger partial charge on any atom is 0.0782 e. The van der Waals surface area contributed by atoms with Gasteiger partial charge in [-0.25, -0.2) is 0 Å². The molecule has 1 N–H and O–H groups in total. The summed E-state index contributed by atoms with van der Waals surface area (Å²) in [4.78, 5) is 4.40. The summed E-state index contributed by atoms with van der Waals surface area (Å²) in [5.41, 5.74) is 0.931. The SMILES string of the molecule is CCCNC(Cc1ccccn1)C(C)(C)OCC. The van der Waals surface area contributed by atoms with Gasteiger partial charge in [0.1, 0.15) is 0 Å². The lowest BCUT2D eigenvalue weighted by Crippen LogP contribution is -2.50. The van der Waals surface area contributed by atoms with E-state index >= 15 is 0 Å². The van der Waals surface area contributed by atoms with Crippen molar-refractivity contribution in [2.45, 2.75) is 52.2 Å². The van der Waals surface area contributed by atoms with Crippen LogP contribution >= 0.6 is 0 Å². The zero-order valence-corrected chi connectivity index (χ0v) is 12.1. The van der Waals surface area contributed by atoms with E-state index in [1.54, 1.807) is 0 Å². The van der Waals surface area contributed by atoms with Crippen LogP contribution in [0.15, 0.2) is 24.4 Å². The van der Waals surface area contributed by atoms with Gasteiger partial charge in [0.05, 0.1) is 5.60 Å². The predicted molar refractivity (Wildman–Crippen MR) is 75.7 cm³/mol. The maximum atomic E-state index is 5.87. The van der Waals surface area contributed by atoms with E-state index in [-0.39, 0.29) is 11.6 Å². The van der Waals surface area contributed by atoms with Crippen LogP contribution < -0.4 is 5.32 Å². The highest BCUT2D eigenvalue weighted by Crippen LogP contribution is 2.18. The highest BCUT2D eigenvalue weighted by molar-refractivity contribution is 5.07. The first kappa shape index (κ1) is 15.1. The monoisotopic (exact) mass is 250 g/mol. The van der Waals surface area contributed by atoms with Crippen molar-refractivity contribution in [1.29, 1.82) is 0 Å². The van der Waals surface area contributed by atoms with Gasteiger partial charge in [0.2, 0.25) is 0 Å². The molecule has 0 fully saturated rings. The lowest BCUT2D eigenvalue weighted by atomic mass is 9.93. The number of ether oxygens (including phenoxy) is 1. The summed E-state index contributed by atoms with van der Waals surface area (Å²) in [7, 11) is 0. The van der Waals surface area contributed by atoms with Crippen LogP contribution in [0.2, 0.25) is 0 Å². The number of rotatable bonds is 8. The molecule has 3 heteroatoms.